The molecular weight excluding hydrogens is 313 g/mol. The van der Waals surface area contributed by atoms with Gasteiger partial charge in [0.2, 0.25) is 0 Å². The summed E-state index contributed by atoms with van der Waals surface area (Å²) in [6.45, 7) is 3.45. The van der Waals surface area contributed by atoms with Gasteiger partial charge >= 0.3 is 6.03 Å². The van der Waals surface area contributed by atoms with E-state index in [9.17, 15) is 9.18 Å². The lowest BCUT2D eigenvalue weighted by atomic mass is 10.1. The number of likely N-dealkylation sites (tertiary alicyclic amines) is 1. The first-order chi connectivity index (χ1) is 11.7. The first-order valence-corrected chi connectivity index (χ1v) is 8.01. The summed E-state index contributed by atoms with van der Waals surface area (Å²) in [7, 11) is 0. The van der Waals surface area contributed by atoms with E-state index in [4.69, 9.17) is 4.74 Å². The molecule has 0 unspecified atom stereocenters. The molecule has 1 aromatic carbocycles. The highest BCUT2D eigenvalue weighted by Gasteiger charge is 2.25. The second-order valence-corrected chi connectivity index (χ2v) is 5.63. The highest BCUT2D eigenvalue weighted by molar-refractivity contribution is 5.89. The van der Waals surface area contributed by atoms with Crippen LogP contribution in [0.25, 0.3) is 0 Å². The highest BCUT2D eigenvalue weighted by atomic mass is 19.1. The number of urea groups is 1. The minimum atomic E-state index is -0.515. The van der Waals surface area contributed by atoms with Crippen LogP contribution in [0.5, 0.6) is 5.75 Å². The number of nitrogens with one attached hydrogen (secondary N) is 1. The summed E-state index contributed by atoms with van der Waals surface area (Å²) in [5.41, 5.74) is 0.145. The second-order valence-electron chi connectivity index (χ2n) is 5.63. The number of halogens is 1. The lowest BCUT2D eigenvalue weighted by Crippen LogP contribution is -2.43. The average molecular weight is 333 g/mol. The molecule has 1 aliphatic heterocycles. The number of carbonyl (C=O) groups is 1. The van der Waals surface area contributed by atoms with Crippen molar-refractivity contribution in [2.24, 2.45) is 0 Å². The van der Waals surface area contributed by atoms with Crippen LogP contribution in [0.1, 0.15) is 25.8 Å². The molecule has 1 aromatic heterocycles. The quantitative estimate of drug-likeness (QED) is 0.934. The van der Waals surface area contributed by atoms with Crippen molar-refractivity contribution < 1.29 is 13.9 Å². The van der Waals surface area contributed by atoms with E-state index in [-0.39, 0.29) is 17.8 Å². The van der Waals surface area contributed by atoms with Crippen molar-refractivity contribution in [2.45, 2.75) is 25.8 Å². The van der Waals surface area contributed by atoms with E-state index in [0.29, 0.717) is 25.4 Å². The van der Waals surface area contributed by atoms with Gasteiger partial charge in [-0.2, -0.15) is 0 Å². The maximum absolute atomic E-state index is 14.1. The molecule has 2 aromatic rings. The molecule has 1 N–H and O–H groups in total. The van der Waals surface area contributed by atoms with Crippen LogP contribution in [-0.4, -0.2) is 45.6 Å². The number of amides is 2. The van der Waals surface area contributed by atoms with E-state index in [1.54, 1.807) is 28.0 Å². The fourth-order valence-electron chi connectivity index (χ4n) is 2.82. The summed E-state index contributed by atoms with van der Waals surface area (Å²) in [5.74, 6) is -0.0728. The third kappa shape index (κ3) is 3.64. The Balaban J connectivity index is 1.64. The van der Waals surface area contributed by atoms with Crippen LogP contribution in [0.2, 0.25) is 0 Å². The molecule has 8 heteroatoms. The fraction of sp³-hybridized carbons (Fsp3) is 0.438. The maximum Gasteiger partial charge on any atom is 0.321 e. The normalized spacial score (nSPS) is 17.6. The molecule has 0 spiro atoms. The van der Waals surface area contributed by atoms with Crippen molar-refractivity contribution in [1.82, 2.24) is 19.9 Å². The topological polar surface area (TPSA) is 72.3 Å². The summed E-state index contributed by atoms with van der Waals surface area (Å²) in [6.07, 6.45) is 5.21. The maximum atomic E-state index is 14.1. The van der Waals surface area contributed by atoms with Gasteiger partial charge in [-0.15, -0.1) is 5.10 Å². The Morgan fingerprint density at radius 3 is 3.08 bits per heavy atom. The van der Waals surface area contributed by atoms with Crippen molar-refractivity contribution in [3.05, 3.63) is 36.4 Å². The minimum Gasteiger partial charge on any atom is -0.494 e. The van der Waals surface area contributed by atoms with Crippen LogP contribution in [0.4, 0.5) is 14.9 Å². The van der Waals surface area contributed by atoms with Gasteiger partial charge < -0.3 is 15.0 Å². The Kier molecular flexibility index (Phi) is 4.93. The Hall–Kier alpha value is -2.64. The summed E-state index contributed by atoms with van der Waals surface area (Å²) in [5, 5.41) is 10.4. The Morgan fingerprint density at radius 2 is 2.38 bits per heavy atom. The molecule has 0 radical (unpaired) electrons. The second kappa shape index (κ2) is 7.29. The number of ether oxygens (including phenoxy) is 1. The molecule has 2 amide bonds. The summed E-state index contributed by atoms with van der Waals surface area (Å²) in [6, 6.07) is 4.20. The first-order valence-electron chi connectivity index (χ1n) is 8.01. The van der Waals surface area contributed by atoms with Crippen LogP contribution in [0.3, 0.4) is 0 Å². The molecule has 24 heavy (non-hydrogen) atoms. The van der Waals surface area contributed by atoms with E-state index in [2.05, 4.69) is 15.6 Å². The molecule has 0 bridgehead atoms. The number of aromatic nitrogens is 3. The molecular formula is C16H20FN5O2. The van der Waals surface area contributed by atoms with Gasteiger partial charge in [0.05, 0.1) is 24.5 Å². The number of carbonyl (C=O) groups excluding carboxylic acids is 1. The van der Waals surface area contributed by atoms with Gasteiger partial charge in [0.1, 0.15) is 11.6 Å². The molecule has 2 heterocycles. The molecule has 0 aliphatic carbocycles. The van der Waals surface area contributed by atoms with Gasteiger partial charge in [0.25, 0.3) is 0 Å². The zero-order chi connectivity index (χ0) is 16.9. The zero-order valence-corrected chi connectivity index (χ0v) is 13.5. The van der Waals surface area contributed by atoms with Crippen LogP contribution in [-0.2, 0) is 0 Å². The lowest BCUT2D eigenvalue weighted by molar-refractivity contribution is 0.174. The van der Waals surface area contributed by atoms with Crippen molar-refractivity contribution in [3.8, 4) is 5.75 Å². The number of nitrogens with zero attached hydrogens (tertiary/aromatic N) is 4. The molecule has 1 aliphatic rings. The highest BCUT2D eigenvalue weighted by Crippen LogP contribution is 2.23. The molecule has 7 nitrogen and oxygen atoms in total. The predicted octanol–water partition coefficient (Wildman–Crippen LogP) is 2.68. The van der Waals surface area contributed by atoms with Gasteiger partial charge in [0, 0.05) is 25.4 Å². The number of hydrogen-bond acceptors (Lipinski definition) is 4. The molecule has 1 fully saturated rings. The van der Waals surface area contributed by atoms with E-state index in [1.807, 2.05) is 6.92 Å². The first kappa shape index (κ1) is 16.2. The Labute approximate surface area is 139 Å². The number of anilines is 1. The van der Waals surface area contributed by atoms with Gasteiger partial charge in [0.15, 0.2) is 0 Å². The summed E-state index contributed by atoms with van der Waals surface area (Å²) >= 11 is 0. The number of benzene rings is 1. The van der Waals surface area contributed by atoms with Crippen molar-refractivity contribution in [3.63, 3.8) is 0 Å². The zero-order valence-electron chi connectivity index (χ0n) is 13.5. The lowest BCUT2D eigenvalue weighted by Gasteiger charge is -2.32. The van der Waals surface area contributed by atoms with E-state index in [1.165, 1.54) is 12.1 Å². The molecule has 3 rings (SSSR count). The largest absolute Gasteiger partial charge is 0.494 e. The predicted molar refractivity (Wildman–Crippen MR) is 86.5 cm³/mol. The van der Waals surface area contributed by atoms with Crippen LogP contribution >= 0.6 is 0 Å². The standard InChI is InChI=1S/C16H20FN5O2/c1-2-24-13-5-6-15(14(17)10-13)19-16(23)21-8-3-4-12(11-21)22-9-7-18-20-22/h5-7,9-10,12H,2-4,8,11H2,1H3,(H,19,23)/t12-/m0/s1. The van der Waals surface area contributed by atoms with Gasteiger partial charge in [-0.05, 0) is 31.9 Å². The summed E-state index contributed by atoms with van der Waals surface area (Å²) < 4.78 is 21.1. The Bertz CT molecular complexity index is 692. The third-order valence-corrected chi connectivity index (χ3v) is 3.99. The van der Waals surface area contributed by atoms with Gasteiger partial charge in [-0.25, -0.2) is 13.9 Å². The van der Waals surface area contributed by atoms with Gasteiger partial charge in [-0.3, -0.25) is 0 Å². The average Bonchev–Trinajstić information content (AvgIpc) is 3.12. The fourth-order valence-corrected chi connectivity index (χ4v) is 2.82. The number of hydrogen-bond donors (Lipinski definition) is 1. The molecule has 1 saturated heterocycles. The molecule has 0 saturated carbocycles. The van der Waals surface area contributed by atoms with E-state index in [0.717, 1.165) is 12.8 Å². The minimum absolute atomic E-state index is 0.0946. The SMILES string of the molecule is CCOc1ccc(NC(=O)N2CCC[C@H](n3ccnn3)C2)c(F)c1. The van der Waals surface area contributed by atoms with Crippen LogP contribution in [0, 0.1) is 5.82 Å². The van der Waals surface area contributed by atoms with Gasteiger partial charge in [-0.1, -0.05) is 5.21 Å². The van der Waals surface area contributed by atoms with Crippen molar-refractivity contribution >= 4 is 11.7 Å². The number of piperidine rings is 1. The van der Waals surface area contributed by atoms with E-state index >= 15 is 0 Å². The number of rotatable bonds is 4. The van der Waals surface area contributed by atoms with Crippen LogP contribution < -0.4 is 10.1 Å². The van der Waals surface area contributed by atoms with Crippen molar-refractivity contribution in [1.29, 1.82) is 0 Å². The smallest absolute Gasteiger partial charge is 0.321 e. The van der Waals surface area contributed by atoms with E-state index < -0.39 is 5.82 Å². The molecule has 1 atom stereocenters. The summed E-state index contributed by atoms with van der Waals surface area (Å²) in [4.78, 5) is 14.1. The van der Waals surface area contributed by atoms with Crippen molar-refractivity contribution in [2.75, 3.05) is 25.0 Å². The molecule has 128 valence electrons. The monoisotopic (exact) mass is 333 g/mol. The van der Waals surface area contributed by atoms with Crippen LogP contribution in [0.15, 0.2) is 30.6 Å². The Morgan fingerprint density at radius 1 is 1.50 bits per heavy atom. The third-order valence-electron chi connectivity index (χ3n) is 3.99.